The lowest BCUT2D eigenvalue weighted by Gasteiger charge is -2.14. The van der Waals surface area contributed by atoms with Crippen molar-refractivity contribution in [3.05, 3.63) is 59.9 Å². The predicted octanol–water partition coefficient (Wildman–Crippen LogP) is 0.604. The maximum Gasteiger partial charge on any atom is 0.279 e. The quantitative estimate of drug-likeness (QED) is 0.646. The van der Waals surface area contributed by atoms with Gasteiger partial charge >= 0.3 is 0 Å². The molecule has 2 aromatic rings. The molecule has 26 heavy (non-hydrogen) atoms. The molecule has 0 heterocycles. The van der Waals surface area contributed by atoms with Crippen LogP contribution in [0.4, 0.5) is 10.1 Å². The lowest BCUT2D eigenvalue weighted by Crippen LogP contribution is -3.11. The SMILES string of the molecule is COc1ccc(NC(=O)C[NH+](C)CC(=O)NCc2ccc(F)cc2)cc1. The Bertz CT molecular complexity index is 733. The zero-order valence-corrected chi connectivity index (χ0v) is 14.8. The van der Waals surface area contributed by atoms with E-state index in [1.165, 1.54) is 12.1 Å². The van der Waals surface area contributed by atoms with Gasteiger partial charge in [0.05, 0.1) is 14.2 Å². The van der Waals surface area contributed by atoms with Gasteiger partial charge in [0.25, 0.3) is 11.8 Å². The first-order valence-corrected chi connectivity index (χ1v) is 8.22. The summed E-state index contributed by atoms with van der Waals surface area (Å²) in [5.41, 5.74) is 1.49. The largest absolute Gasteiger partial charge is 0.497 e. The average Bonchev–Trinajstić information content (AvgIpc) is 2.61. The summed E-state index contributed by atoms with van der Waals surface area (Å²) < 4.78 is 17.9. The Balaban J connectivity index is 1.72. The number of quaternary nitrogens is 1. The molecule has 0 radical (unpaired) electrons. The zero-order chi connectivity index (χ0) is 18.9. The van der Waals surface area contributed by atoms with Crippen LogP contribution in [0.2, 0.25) is 0 Å². The highest BCUT2D eigenvalue weighted by Gasteiger charge is 2.14. The molecule has 2 rings (SSSR count). The van der Waals surface area contributed by atoms with Gasteiger partial charge in [-0.1, -0.05) is 12.1 Å². The Morgan fingerprint density at radius 1 is 1.00 bits per heavy atom. The Kier molecular flexibility index (Phi) is 7.11. The number of hydrogen-bond acceptors (Lipinski definition) is 3. The number of rotatable bonds is 8. The number of carbonyl (C=O) groups is 2. The molecular weight excluding hydrogens is 337 g/mol. The Morgan fingerprint density at radius 3 is 2.23 bits per heavy atom. The number of amides is 2. The second-order valence-corrected chi connectivity index (χ2v) is 5.99. The van der Waals surface area contributed by atoms with Gasteiger partial charge in [0.2, 0.25) is 0 Å². The summed E-state index contributed by atoms with van der Waals surface area (Å²) in [5, 5.41) is 5.54. The van der Waals surface area contributed by atoms with Gasteiger partial charge in [-0.05, 0) is 42.0 Å². The fraction of sp³-hybridized carbons (Fsp3) is 0.263. The van der Waals surface area contributed by atoms with E-state index in [2.05, 4.69) is 10.6 Å². The molecule has 0 saturated carbocycles. The normalized spacial score (nSPS) is 11.5. The molecule has 0 aliphatic rings. The molecule has 3 N–H and O–H groups in total. The molecule has 0 aromatic heterocycles. The van der Waals surface area contributed by atoms with Crippen molar-refractivity contribution in [2.24, 2.45) is 0 Å². The van der Waals surface area contributed by atoms with Crippen LogP contribution in [0.25, 0.3) is 0 Å². The second-order valence-electron chi connectivity index (χ2n) is 5.99. The number of carbonyl (C=O) groups excluding carboxylic acids is 2. The van der Waals surface area contributed by atoms with Crippen molar-refractivity contribution < 1.29 is 23.6 Å². The van der Waals surface area contributed by atoms with E-state index in [0.29, 0.717) is 18.0 Å². The maximum atomic E-state index is 12.8. The van der Waals surface area contributed by atoms with Crippen LogP contribution in [0.3, 0.4) is 0 Å². The molecule has 2 aromatic carbocycles. The number of anilines is 1. The van der Waals surface area contributed by atoms with E-state index in [1.54, 1.807) is 50.6 Å². The summed E-state index contributed by atoms with van der Waals surface area (Å²) in [4.78, 5) is 24.7. The van der Waals surface area contributed by atoms with Gasteiger partial charge in [0, 0.05) is 12.2 Å². The van der Waals surface area contributed by atoms with Crippen LogP contribution >= 0.6 is 0 Å². The highest BCUT2D eigenvalue weighted by Crippen LogP contribution is 2.14. The third-order valence-corrected chi connectivity index (χ3v) is 3.70. The van der Waals surface area contributed by atoms with E-state index in [-0.39, 0.29) is 30.7 Å². The van der Waals surface area contributed by atoms with Crippen molar-refractivity contribution in [3.8, 4) is 5.75 Å². The van der Waals surface area contributed by atoms with E-state index in [4.69, 9.17) is 4.74 Å². The van der Waals surface area contributed by atoms with Gasteiger partial charge in [-0.15, -0.1) is 0 Å². The minimum Gasteiger partial charge on any atom is -0.497 e. The van der Waals surface area contributed by atoms with Crippen LogP contribution in [-0.2, 0) is 16.1 Å². The summed E-state index contributed by atoms with van der Waals surface area (Å²) in [6, 6.07) is 13.0. The summed E-state index contributed by atoms with van der Waals surface area (Å²) >= 11 is 0. The number of benzene rings is 2. The third kappa shape index (κ3) is 6.52. The van der Waals surface area contributed by atoms with E-state index < -0.39 is 0 Å². The monoisotopic (exact) mass is 360 g/mol. The molecule has 1 atom stereocenters. The molecule has 0 aliphatic heterocycles. The van der Waals surface area contributed by atoms with E-state index in [9.17, 15) is 14.0 Å². The first-order chi connectivity index (χ1) is 12.5. The zero-order valence-electron chi connectivity index (χ0n) is 14.8. The average molecular weight is 360 g/mol. The highest BCUT2D eigenvalue weighted by molar-refractivity contribution is 5.91. The fourth-order valence-electron chi connectivity index (χ4n) is 2.36. The minimum absolute atomic E-state index is 0.163. The van der Waals surface area contributed by atoms with Crippen LogP contribution in [0.5, 0.6) is 5.75 Å². The van der Waals surface area contributed by atoms with Crippen molar-refractivity contribution in [2.75, 3.05) is 32.6 Å². The number of nitrogens with one attached hydrogen (secondary N) is 3. The Morgan fingerprint density at radius 2 is 1.62 bits per heavy atom. The molecule has 7 heteroatoms. The number of ether oxygens (including phenoxy) is 1. The van der Waals surface area contributed by atoms with Crippen LogP contribution in [0, 0.1) is 5.82 Å². The summed E-state index contributed by atoms with van der Waals surface area (Å²) in [5.74, 6) is 0.0405. The fourth-order valence-corrected chi connectivity index (χ4v) is 2.36. The van der Waals surface area contributed by atoms with Crippen molar-refractivity contribution >= 4 is 17.5 Å². The number of methoxy groups -OCH3 is 1. The van der Waals surface area contributed by atoms with E-state index in [0.717, 1.165) is 10.5 Å². The summed E-state index contributed by atoms with van der Waals surface area (Å²) in [6.45, 7) is 0.650. The van der Waals surface area contributed by atoms with Crippen molar-refractivity contribution in [1.82, 2.24) is 5.32 Å². The Labute approximate surface area is 152 Å². The number of halogens is 1. The predicted molar refractivity (Wildman–Crippen MR) is 96.5 cm³/mol. The number of likely N-dealkylation sites (N-methyl/N-ethyl adjacent to an activating group) is 1. The van der Waals surface area contributed by atoms with Gasteiger partial charge in [-0.25, -0.2) is 4.39 Å². The molecule has 6 nitrogen and oxygen atoms in total. The third-order valence-electron chi connectivity index (χ3n) is 3.70. The van der Waals surface area contributed by atoms with E-state index in [1.807, 2.05) is 0 Å². The van der Waals surface area contributed by atoms with Crippen LogP contribution in [-0.4, -0.2) is 39.1 Å². The molecule has 0 fully saturated rings. The smallest absolute Gasteiger partial charge is 0.279 e. The minimum atomic E-state index is -0.313. The Hall–Kier alpha value is -2.93. The molecule has 138 valence electrons. The molecule has 0 aliphatic carbocycles. The maximum absolute atomic E-state index is 12.8. The second kappa shape index (κ2) is 9.53. The molecular formula is C19H23FN3O3+. The van der Waals surface area contributed by atoms with Gasteiger partial charge < -0.3 is 20.3 Å². The van der Waals surface area contributed by atoms with Gasteiger partial charge in [0.15, 0.2) is 13.1 Å². The van der Waals surface area contributed by atoms with Crippen molar-refractivity contribution in [2.45, 2.75) is 6.54 Å². The van der Waals surface area contributed by atoms with Gasteiger partial charge in [0.1, 0.15) is 11.6 Å². The topological polar surface area (TPSA) is 71.9 Å². The lowest BCUT2D eigenvalue weighted by molar-refractivity contribution is -0.862. The molecule has 0 bridgehead atoms. The van der Waals surface area contributed by atoms with Gasteiger partial charge in [-0.3, -0.25) is 9.59 Å². The number of hydrogen-bond donors (Lipinski definition) is 3. The first kappa shape index (κ1) is 19.4. The molecule has 0 saturated heterocycles. The molecule has 1 unspecified atom stereocenters. The highest BCUT2D eigenvalue weighted by atomic mass is 19.1. The van der Waals surface area contributed by atoms with Crippen LogP contribution in [0.15, 0.2) is 48.5 Å². The standard InChI is InChI=1S/C19H22FN3O3/c1-23(12-18(24)21-11-14-3-5-15(20)6-4-14)13-19(25)22-16-7-9-17(26-2)10-8-16/h3-10H,11-13H2,1-2H3,(H,21,24)(H,22,25)/p+1. The van der Waals surface area contributed by atoms with Crippen molar-refractivity contribution in [3.63, 3.8) is 0 Å². The summed E-state index contributed by atoms with van der Waals surface area (Å²) in [6.07, 6.45) is 0. The van der Waals surface area contributed by atoms with Crippen LogP contribution in [0.1, 0.15) is 5.56 Å². The van der Waals surface area contributed by atoms with E-state index >= 15 is 0 Å². The lowest BCUT2D eigenvalue weighted by atomic mass is 10.2. The molecule has 0 spiro atoms. The van der Waals surface area contributed by atoms with Crippen LogP contribution < -0.4 is 20.3 Å². The first-order valence-electron chi connectivity index (χ1n) is 8.22. The summed E-state index contributed by atoms with van der Waals surface area (Å²) in [7, 11) is 3.35. The van der Waals surface area contributed by atoms with Gasteiger partial charge in [-0.2, -0.15) is 0 Å². The molecule has 2 amide bonds. The van der Waals surface area contributed by atoms with Crippen molar-refractivity contribution in [1.29, 1.82) is 0 Å².